The maximum Gasteiger partial charge on any atom is 0.293 e. The number of ether oxygens (including phenoxy) is 1. The molecule has 5 aromatic rings. The smallest absolute Gasteiger partial charge is 0.293 e. The summed E-state index contributed by atoms with van der Waals surface area (Å²) in [6, 6.07) is 20.7. The monoisotopic (exact) mass is 866 g/mol. The van der Waals surface area contributed by atoms with Crippen LogP contribution in [0.25, 0.3) is 16.6 Å². The first-order valence-corrected chi connectivity index (χ1v) is 22.5. The summed E-state index contributed by atoms with van der Waals surface area (Å²) in [5.74, 6) is -0.128. The van der Waals surface area contributed by atoms with Crippen molar-refractivity contribution in [3.8, 4) is 11.5 Å². The second-order valence-electron chi connectivity index (χ2n) is 17.2. The second kappa shape index (κ2) is 17.1. The lowest BCUT2D eigenvalue weighted by Gasteiger charge is -2.39. The number of nitrogens with zero attached hydrogens (tertiary/aromatic N) is 6. The molecule has 16 heteroatoms. The molecular formula is C45H51ClN8O6S. The second-order valence-corrected chi connectivity index (χ2v) is 19.4. The van der Waals surface area contributed by atoms with Gasteiger partial charge < -0.3 is 25.6 Å². The molecule has 2 fully saturated rings. The Morgan fingerprint density at radius 1 is 1.00 bits per heavy atom. The van der Waals surface area contributed by atoms with Gasteiger partial charge in [-0.15, -0.1) is 0 Å². The van der Waals surface area contributed by atoms with Gasteiger partial charge in [0.2, 0.25) is 0 Å². The zero-order valence-corrected chi connectivity index (χ0v) is 36.2. The van der Waals surface area contributed by atoms with E-state index in [-0.39, 0.29) is 50.4 Å². The third kappa shape index (κ3) is 9.25. The average Bonchev–Trinajstić information content (AvgIpc) is 3.67. The summed E-state index contributed by atoms with van der Waals surface area (Å²) in [5.41, 5.74) is 11.3. The summed E-state index contributed by atoms with van der Waals surface area (Å²) >= 11 is 6.23. The lowest BCUT2D eigenvalue weighted by Crippen LogP contribution is -2.47. The number of anilines is 2. The van der Waals surface area contributed by atoms with E-state index in [0.717, 1.165) is 98.7 Å². The van der Waals surface area contributed by atoms with Crippen LogP contribution in [0.1, 0.15) is 61.9 Å². The standard InChI is InChI=1S/C45H51ClN8O6S/c1-45(2)16-12-32(39(27-45)30-4-6-33(46)7-5-30)29-51-20-22-52(23-21-51)35-8-10-38(43(47)55)42(25-35)60-36-24-31-13-19-53(44(31)48-28-36)61(58,59)37-9-11-40(41(26-37)54(56)57)49-34-14-17-50(3)18-15-34/h4-11,13,19,24-26,28,34,49H,12,14-18,20-23,27,29H2,1-3H3,(H2,47,55). The number of amides is 1. The zero-order valence-electron chi connectivity index (χ0n) is 34.6. The van der Waals surface area contributed by atoms with Crippen molar-refractivity contribution in [1.82, 2.24) is 18.8 Å². The van der Waals surface area contributed by atoms with Crippen LogP contribution >= 0.6 is 11.6 Å². The van der Waals surface area contributed by atoms with Gasteiger partial charge in [-0.2, -0.15) is 0 Å². The van der Waals surface area contributed by atoms with Gasteiger partial charge in [0.1, 0.15) is 17.2 Å². The number of halogens is 1. The summed E-state index contributed by atoms with van der Waals surface area (Å²) < 4.78 is 35.1. The van der Waals surface area contributed by atoms with E-state index in [4.69, 9.17) is 22.1 Å². The Morgan fingerprint density at radius 3 is 2.44 bits per heavy atom. The number of hydrogen-bond acceptors (Lipinski definition) is 11. The minimum Gasteiger partial charge on any atom is -0.455 e. The third-order valence-corrected chi connectivity index (χ3v) is 14.2. The Hall–Kier alpha value is -5.48. The van der Waals surface area contributed by atoms with Crippen molar-refractivity contribution in [3.05, 3.63) is 117 Å². The number of allylic oxidation sites excluding steroid dienone is 1. The molecule has 61 heavy (non-hydrogen) atoms. The first kappa shape index (κ1) is 42.2. The van der Waals surface area contributed by atoms with Crippen LogP contribution in [0.15, 0.2) is 95.7 Å². The van der Waals surface area contributed by atoms with Crippen LogP contribution in [0.3, 0.4) is 0 Å². The molecule has 0 spiro atoms. The zero-order chi connectivity index (χ0) is 43.1. The highest BCUT2D eigenvalue weighted by Crippen LogP contribution is 2.43. The van der Waals surface area contributed by atoms with Gasteiger partial charge in [0.25, 0.3) is 21.6 Å². The molecule has 0 unspecified atom stereocenters. The number of nitrogens with one attached hydrogen (secondary N) is 1. The van der Waals surface area contributed by atoms with Crippen LogP contribution in [0.2, 0.25) is 5.02 Å². The summed E-state index contributed by atoms with van der Waals surface area (Å²) in [6.07, 6.45) is 7.62. The van der Waals surface area contributed by atoms with Gasteiger partial charge in [-0.1, -0.05) is 43.2 Å². The van der Waals surface area contributed by atoms with Crippen LogP contribution in [0.4, 0.5) is 17.1 Å². The number of likely N-dealkylation sites (tertiary alicyclic amines) is 1. The minimum absolute atomic E-state index is 0.0437. The van der Waals surface area contributed by atoms with Crippen LogP contribution in [-0.4, -0.2) is 96.9 Å². The fourth-order valence-electron chi connectivity index (χ4n) is 8.68. The number of carbonyl (C=O) groups excluding carboxylic acids is 1. The van der Waals surface area contributed by atoms with Gasteiger partial charge in [-0.05, 0) is 117 Å². The average molecular weight is 867 g/mol. The molecular weight excluding hydrogens is 816 g/mol. The molecule has 0 saturated carbocycles. The summed E-state index contributed by atoms with van der Waals surface area (Å²) in [4.78, 5) is 35.2. The predicted molar refractivity (Wildman–Crippen MR) is 239 cm³/mol. The number of hydrogen-bond donors (Lipinski definition) is 2. The van der Waals surface area contributed by atoms with Crippen molar-refractivity contribution in [1.29, 1.82) is 0 Å². The molecule has 14 nitrogen and oxygen atoms in total. The molecule has 3 aromatic carbocycles. The maximum absolute atomic E-state index is 13.9. The number of aromatic nitrogens is 2. The van der Waals surface area contributed by atoms with Gasteiger partial charge >= 0.3 is 0 Å². The van der Waals surface area contributed by atoms with Gasteiger partial charge in [0, 0.05) is 73.2 Å². The molecule has 8 rings (SSSR count). The number of primary amides is 1. The highest BCUT2D eigenvalue weighted by molar-refractivity contribution is 7.90. The van der Waals surface area contributed by atoms with Crippen LogP contribution in [0.5, 0.6) is 11.5 Å². The number of nitrogens with two attached hydrogens (primary N) is 1. The maximum atomic E-state index is 13.9. The summed E-state index contributed by atoms with van der Waals surface area (Å²) in [5, 5.41) is 16.5. The van der Waals surface area contributed by atoms with Gasteiger partial charge in [0.15, 0.2) is 5.65 Å². The van der Waals surface area contributed by atoms with E-state index < -0.39 is 20.9 Å². The van der Waals surface area contributed by atoms with Crippen molar-refractivity contribution >= 4 is 61.2 Å². The molecule has 2 aromatic heterocycles. The molecule has 2 aliphatic heterocycles. The number of benzene rings is 3. The number of rotatable bonds is 12. The number of nitro benzene ring substituents is 1. The van der Waals surface area contributed by atoms with E-state index in [1.165, 1.54) is 41.2 Å². The molecule has 1 aliphatic carbocycles. The molecule has 4 heterocycles. The largest absolute Gasteiger partial charge is 0.455 e. The van der Waals surface area contributed by atoms with Crippen LogP contribution < -0.4 is 20.7 Å². The highest BCUT2D eigenvalue weighted by atomic mass is 35.5. The Labute approximate surface area is 361 Å². The number of carbonyl (C=O) groups is 1. The lowest BCUT2D eigenvalue weighted by atomic mass is 9.72. The summed E-state index contributed by atoms with van der Waals surface area (Å²) in [7, 11) is -2.25. The van der Waals surface area contributed by atoms with E-state index in [9.17, 15) is 23.3 Å². The quantitative estimate of drug-likeness (QED) is 0.0920. The third-order valence-electron chi connectivity index (χ3n) is 12.3. The Kier molecular flexibility index (Phi) is 11.8. The Morgan fingerprint density at radius 2 is 1.74 bits per heavy atom. The fraction of sp³-hybridized carbons (Fsp3) is 0.378. The first-order chi connectivity index (χ1) is 29.1. The van der Waals surface area contributed by atoms with Crippen molar-refractivity contribution < 1.29 is 22.9 Å². The minimum atomic E-state index is -4.28. The normalized spacial score (nSPS) is 18.1. The molecule has 3 N–H and O–H groups in total. The molecule has 1 amide bonds. The number of fused-ring (bicyclic) bond motifs is 1. The van der Waals surface area contributed by atoms with Crippen molar-refractivity contribution in [2.45, 2.75) is 56.9 Å². The molecule has 0 bridgehead atoms. The van der Waals surface area contributed by atoms with E-state index in [1.807, 2.05) is 25.2 Å². The number of piperazine rings is 1. The molecule has 320 valence electrons. The number of nitro groups is 1. The van der Waals surface area contributed by atoms with E-state index in [2.05, 4.69) is 51.0 Å². The molecule has 0 radical (unpaired) electrons. The fourth-order valence-corrected chi connectivity index (χ4v) is 10.1. The number of pyridine rings is 1. The molecule has 3 aliphatic rings. The lowest BCUT2D eigenvalue weighted by molar-refractivity contribution is -0.384. The van der Waals surface area contributed by atoms with Crippen LogP contribution in [0, 0.1) is 15.5 Å². The molecule has 2 saturated heterocycles. The van der Waals surface area contributed by atoms with Gasteiger partial charge in [-0.3, -0.25) is 19.8 Å². The topological polar surface area (TPSA) is 169 Å². The van der Waals surface area contributed by atoms with E-state index in [1.54, 1.807) is 24.3 Å². The van der Waals surface area contributed by atoms with Gasteiger partial charge in [-0.25, -0.2) is 17.4 Å². The predicted octanol–water partition coefficient (Wildman–Crippen LogP) is 8.02. The molecule has 0 atom stereocenters. The number of piperidine rings is 1. The van der Waals surface area contributed by atoms with Crippen molar-refractivity contribution in [2.24, 2.45) is 11.1 Å². The Bertz CT molecular complexity index is 2610. The van der Waals surface area contributed by atoms with E-state index in [0.29, 0.717) is 5.39 Å². The van der Waals surface area contributed by atoms with Crippen molar-refractivity contribution in [3.63, 3.8) is 0 Å². The Balaban J connectivity index is 0.971. The van der Waals surface area contributed by atoms with Gasteiger partial charge in [0.05, 0.1) is 21.6 Å². The highest BCUT2D eigenvalue weighted by Gasteiger charge is 2.30. The van der Waals surface area contributed by atoms with Crippen molar-refractivity contribution in [2.75, 3.05) is 63.1 Å². The summed E-state index contributed by atoms with van der Waals surface area (Å²) in [6.45, 7) is 10.6. The SMILES string of the molecule is CN1CCC(Nc2ccc(S(=O)(=O)n3ccc4cc(Oc5cc(N6CCN(CC7=C(c8ccc(Cl)cc8)CC(C)(C)CC7)CC6)ccc5C(N)=O)cnc43)cc2[N+](=O)[O-])CC1. The van der Waals surface area contributed by atoms with E-state index >= 15 is 0 Å². The first-order valence-electron chi connectivity index (χ1n) is 20.7. The van der Waals surface area contributed by atoms with Crippen LogP contribution in [-0.2, 0) is 10.0 Å².